The van der Waals surface area contributed by atoms with E-state index in [2.05, 4.69) is 0 Å². The summed E-state index contributed by atoms with van der Waals surface area (Å²) in [5, 5.41) is 0. The quantitative estimate of drug-likeness (QED) is 0.470. The second-order valence-corrected chi connectivity index (χ2v) is 8.52. The molecular formula is C26H20N2O4. The van der Waals surface area contributed by atoms with E-state index >= 15 is 0 Å². The molecule has 0 spiro atoms. The van der Waals surface area contributed by atoms with Crippen LogP contribution in [0.25, 0.3) is 6.08 Å². The Bertz CT molecular complexity index is 1280. The molecule has 0 aliphatic carbocycles. The summed E-state index contributed by atoms with van der Waals surface area (Å²) in [6, 6.07) is 17.2. The molecule has 4 heterocycles. The molecule has 1 aromatic heterocycles. The van der Waals surface area contributed by atoms with Crippen molar-refractivity contribution >= 4 is 29.4 Å². The van der Waals surface area contributed by atoms with Crippen molar-refractivity contribution in [1.82, 2.24) is 4.90 Å². The fourth-order valence-corrected chi connectivity index (χ4v) is 5.37. The first-order chi connectivity index (χ1) is 15.6. The molecule has 0 radical (unpaired) electrons. The van der Waals surface area contributed by atoms with E-state index in [4.69, 9.17) is 4.42 Å². The molecule has 2 amide bonds. The summed E-state index contributed by atoms with van der Waals surface area (Å²) in [5.74, 6) is -2.15. The Labute approximate surface area is 184 Å². The Morgan fingerprint density at radius 3 is 2.41 bits per heavy atom. The van der Waals surface area contributed by atoms with Crippen LogP contribution in [0.4, 0.5) is 5.69 Å². The highest BCUT2D eigenvalue weighted by Crippen LogP contribution is 2.53. The van der Waals surface area contributed by atoms with Crippen molar-refractivity contribution < 1.29 is 18.8 Å². The maximum absolute atomic E-state index is 13.7. The number of carbonyl (C=O) groups is 3. The molecule has 2 fully saturated rings. The Hall–Kier alpha value is -3.93. The Morgan fingerprint density at radius 1 is 0.906 bits per heavy atom. The minimum absolute atomic E-state index is 0.190. The van der Waals surface area contributed by atoms with Crippen molar-refractivity contribution in [3.05, 3.63) is 95.6 Å². The molecule has 3 aliphatic rings. The summed E-state index contributed by atoms with van der Waals surface area (Å²) in [4.78, 5) is 44.1. The number of aryl methyl sites for hydroxylation is 1. The van der Waals surface area contributed by atoms with Crippen LogP contribution in [0.3, 0.4) is 0 Å². The lowest BCUT2D eigenvalue weighted by Crippen LogP contribution is -2.44. The van der Waals surface area contributed by atoms with Crippen LogP contribution < -0.4 is 4.90 Å². The number of carbonyl (C=O) groups excluding carboxylic acids is 3. The van der Waals surface area contributed by atoms with Crippen LogP contribution in [0, 0.1) is 18.8 Å². The van der Waals surface area contributed by atoms with Gasteiger partial charge < -0.3 is 9.32 Å². The lowest BCUT2D eigenvalue weighted by Gasteiger charge is -2.35. The summed E-state index contributed by atoms with van der Waals surface area (Å²) < 4.78 is 5.38. The second kappa shape index (κ2) is 6.79. The van der Waals surface area contributed by atoms with Crippen molar-refractivity contribution in [2.75, 3.05) is 4.90 Å². The molecular weight excluding hydrogens is 404 g/mol. The maximum Gasteiger partial charge on any atom is 0.240 e. The second-order valence-electron chi connectivity index (χ2n) is 8.52. The molecule has 6 rings (SSSR count). The third-order valence-electron chi connectivity index (χ3n) is 6.79. The van der Waals surface area contributed by atoms with E-state index in [-0.39, 0.29) is 23.4 Å². The Kier molecular flexibility index (Phi) is 3.99. The molecule has 6 heteroatoms. The van der Waals surface area contributed by atoms with Gasteiger partial charge in [0.25, 0.3) is 0 Å². The number of hydrogen-bond donors (Lipinski definition) is 0. The SMILES string of the molecule is Cc1ccc(N2C(=O)[C@@H]3[C@H](C2=O)[C@@H]2c4ccccc4C=CN2[C@@H]3C(=O)c2ccco2)cc1. The average Bonchev–Trinajstić information content (AvgIpc) is 3.51. The van der Waals surface area contributed by atoms with Gasteiger partial charge in [0.1, 0.15) is 6.04 Å². The van der Waals surface area contributed by atoms with E-state index in [1.54, 1.807) is 24.3 Å². The number of rotatable bonds is 3. The molecule has 3 aromatic rings. The predicted octanol–water partition coefficient (Wildman–Crippen LogP) is 3.99. The van der Waals surface area contributed by atoms with Crippen LogP contribution >= 0.6 is 0 Å². The molecule has 158 valence electrons. The number of Topliss-reactive ketones (excluding diaryl/α,β-unsaturated/α-hetero) is 1. The van der Waals surface area contributed by atoms with Gasteiger partial charge in [-0.25, -0.2) is 4.90 Å². The fraction of sp³-hybridized carbons (Fsp3) is 0.192. The van der Waals surface area contributed by atoms with Crippen molar-refractivity contribution in [2.45, 2.75) is 19.0 Å². The lowest BCUT2D eigenvalue weighted by atomic mass is 9.84. The molecule has 3 aliphatic heterocycles. The molecule has 0 unspecified atom stereocenters. The van der Waals surface area contributed by atoms with Crippen molar-refractivity contribution in [3.63, 3.8) is 0 Å². The highest BCUT2D eigenvalue weighted by molar-refractivity contribution is 6.24. The van der Waals surface area contributed by atoms with Crippen LogP contribution in [0.1, 0.15) is 33.3 Å². The summed E-state index contributed by atoms with van der Waals surface area (Å²) in [6.45, 7) is 1.95. The van der Waals surface area contributed by atoms with E-state index < -0.39 is 23.9 Å². The van der Waals surface area contributed by atoms with Crippen LogP contribution in [0.5, 0.6) is 0 Å². The van der Waals surface area contributed by atoms with Crippen molar-refractivity contribution in [1.29, 1.82) is 0 Å². The van der Waals surface area contributed by atoms with Crippen LogP contribution in [0.2, 0.25) is 0 Å². The van der Waals surface area contributed by atoms with Crippen molar-refractivity contribution in [2.24, 2.45) is 11.8 Å². The number of ketones is 1. The summed E-state index contributed by atoms with van der Waals surface area (Å²) >= 11 is 0. The van der Waals surface area contributed by atoms with E-state index in [0.717, 1.165) is 16.7 Å². The van der Waals surface area contributed by atoms with E-state index in [0.29, 0.717) is 5.69 Å². The number of fused-ring (bicyclic) bond motifs is 5. The zero-order valence-electron chi connectivity index (χ0n) is 17.3. The van der Waals surface area contributed by atoms with Gasteiger partial charge in [-0.1, -0.05) is 42.0 Å². The molecule has 2 saturated heterocycles. The molecule has 0 bridgehead atoms. The van der Waals surface area contributed by atoms with E-state index in [1.807, 2.05) is 60.5 Å². The van der Waals surface area contributed by atoms with Gasteiger partial charge in [-0.05, 0) is 48.4 Å². The monoisotopic (exact) mass is 424 g/mol. The van der Waals surface area contributed by atoms with E-state index in [9.17, 15) is 14.4 Å². The number of hydrogen-bond acceptors (Lipinski definition) is 5. The summed E-state index contributed by atoms with van der Waals surface area (Å²) in [7, 11) is 0. The van der Waals surface area contributed by atoms with Gasteiger partial charge >= 0.3 is 0 Å². The molecule has 6 nitrogen and oxygen atoms in total. The minimum atomic E-state index is -0.812. The van der Waals surface area contributed by atoms with Crippen LogP contribution in [-0.2, 0) is 9.59 Å². The maximum atomic E-state index is 13.7. The van der Waals surface area contributed by atoms with Crippen molar-refractivity contribution in [3.8, 4) is 0 Å². The number of amides is 2. The zero-order chi connectivity index (χ0) is 22.0. The predicted molar refractivity (Wildman–Crippen MR) is 118 cm³/mol. The van der Waals surface area contributed by atoms with Gasteiger partial charge in [0.15, 0.2) is 5.76 Å². The normalized spacial score (nSPS) is 25.7. The Balaban J connectivity index is 1.50. The summed E-state index contributed by atoms with van der Waals surface area (Å²) in [6.07, 6.45) is 5.22. The highest BCUT2D eigenvalue weighted by atomic mass is 16.3. The van der Waals surface area contributed by atoms with Crippen LogP contribution in [0.15, 0.2) is 77.5 Å². The molecule has 0 saturated carbocycles. The lowest BCUT2D eigenvalue weighted by molar-refractivity contribution is -0.123. The number of imide groups is 1. The number of anilines is 1. The first-order valence-electron chi connectivity index (χ1n) is 10.6. The van der Waals surface area contributed by atoms with Gasteiger partial charge in [-0.3, -0.25) is 14.4 Å². The number of nitrogens with zero attached hydrogens (tertiary/aromatic N) is 2. The third kappa shape index (κ3) is 2.49. The van der Waals surface area contributed by atoms with E-state index in [1.165, 1.54) is 11.2 Å². The first kappa shape index (κ1) is 18.8. The largest absolute Gasteiger partial charge is 0.461 e. The third-order valence-corrected chi connectivity index (χ3v) is 6.79. The Morgan fingerprint density at radius 2 is 1.66 bits per heavy atom. The number of furan rings is 1. The standard InChI is InChI=1S/C26H20N2O4/c1-15-8-10-17(11-9-15)28-25(30)20-21(26(28)31)23(24(29)19-7-4-14-32-19)27-13-12-16-5-2-3-6-18(16)22(20)27/h2-14,20-23H,1H3/t20-,21+,22-,23-/m0/s1. The first-order valence-corrected chi connectivity index (χ1v) is 10.6. The zero-order valence-corrected chi connectivity index (χ0v) is 17.3. The molecule has 2 aromatic carbocycles. The minimum Gasteiger partial charge on any atom is -0.461 e. The fourth-order valence-electron chi connectivity index (χ4n) is 5.37. The van der Waals surface area contributed by atoms with Gasteiger partial charge in [-0.2, -0.15) is 0 Å². The average molecular weight is 424 g/mol. The van der Waals surface area contributed by atoms with Gasteiger partial charge in [0.2, 0.25) is 17.6 Å². The smallest absolute Gasteiger partial charge is 0.240 e. The van der Waals surface area contributed by atoms with Gasteiger partial charge in [0, 0.05) is 6.20 Å². The summed E-state index contributed by atoms with van der Waals surface area (Å²) in [5.41, 5.74) is 3.52. The highest BCUT2D eigenvalue weighted by Gasteiger charge is 2.64. The molecule has 4 atom stereocenters. The molecule has 32 heavy (non-hydrogen) atoms. The number of benzene rings is 2. The topological polar surface area (TPSA) is 70.8 Å². The van der Waals surface area contributed by atoms with Crippen LogP contribution in [-0.4, -0.2) is 28.5 Å². The molecule has 0 N–H and O–H groups in total. The van der Waals surface area contributed by atoms with Gasteiger partial charge in [-0.15, -0.1) is 0 Å². The van der Waals surface area contributed by atoms with Gasteiger partial charge in [0.05, 0.1) is 29.8 Å².